The van der Waals surface area contributed by atoms with E-state index in [1.807, 2.05) is 10.6 Å². The molecule has 0 saturated carbocycles. The molecular weight excluding hydrogens is 396 g/mol. The van der Waals surface area contributed by atoms with E-state index in [-0.39, 0.29) is 30.2 Å². The molecule has 1 aromatic rings. The Labute approximate surface area is 171 Å². The zero-order valence-corrected chi connectivity index (χ0v) is 16.3. The molecule has 11 heteroatoms. The van der Waals surface area contributed by atoms with Crippen molar-refractivity contribution in [3.05, 3.63) is 48.1 Å². The Kier molecular flexibility index (Phi) is 7.80. The first-order chi connectivity index (χ1) is 14.4. The van der Waals surface area contributed by atoms with Crippen molar-refractivity contribution >= 4 is 35.4 Å². The second-order valence-electron chi connectivity index (χ2n) is 5.72. The van der Waals surface area contributed by atoms with E-state index in [0.717, 1.165) is 12.3 Å². The Bertz CT molecular complexity index is 889. The van der Waals surface area contributed by atoms with Crippen molar-refractivity contribution in [1.82, 2.24) is 20.9 Å². The van der Waals surface area contributed by atoms with E-state index in [0.29, 0.717) is 0 Å². The van der Waals surface area contributed by atoms with Gasteiger partial charge in [-0.1, -0.05) is 6.07 Å². The molecule has 2 rings (SSSR count). The first-order valence-electron chi connectivity index (χ1n) is 8.97. The summed E-state index contributed by atoms with van der Waals surface area (Å²) >= 11 is 0. The highest BCUT2D eigenvalue weighted by Crippen LogP contribution is 2.14. The van der Waals surface area contributed by atoms with E-state index in [1.165, 1.54) is 6.20 Å². The standard InChI is InChI=1S/C19H20N4O7/c1-3-29-17(26)12(13-7-5-6-8-20-13)10-21-14(18(27)30-4-2)9-11-15(24)22-19(28)23-16(11)25/h5-11,21H,3-4H2,1-2H3,(H2,22,23,24,25,28)/b12-10+,14-9+. The molecular formula is C19H20N4O7. The second-order valence-corrected chi connectivity index (χ2v) is 5.72. The molecule has 0 radical (unpaired) electrons. The molecule has 3 N–H and O–H groups in total. The monoisotopic (exact) mass is 416 g/mol. The number of pyridine rings is 1. The molecule has 30 heavy (non-hydrogen) atoms. The number of ether oxygens (including phenoxy) is 2. The fourth-order valence-electron chi connectivity index (χ4n) is 2.35. The number of aromatic nitrogens is 1. The number of hydrogen-bond donors (Lipinski definition) is 3. The van der Waals surface area contributed by atoms with E-state index in [2.05, 4.69) is 10.3 Å². The Balaban J connectivity index is 2.39. The van der Waals surface area contributed by atoms with Gasteiger partial charge in [-0.15, -0.1) is 0 Å². The predicted molar refractivity (Wildman–Crippen MR) is 102 cm³/mol. The molecule has 11 nitrogen and oxygen atoms in total. The first kappa shape index (κ1) is 22.3. The Morgan fingerprint density at radius 2 is 1.70 bits per heavy atom. The third kappa shape index (κ3) is 5.74. The van der Waals surface area contributed by atoms with Crippen LogP contribution in [-0.4, -0.2) is 48.0 Å². The van der Waals surface area contributed by atoms with Crippen LogP contribution in [0.1, 0.15) is 19.5 Å². The van der Waals surface area contributed by atoms with Crippen LogP contribution >= 0.6 is 0 Å². The van der Waals surface area contributed by atoms with Crippen molar-refractivity contribution in [2.75, 3.05) is 13.2 Å². The molecule has 0 unspecified atom stereocenters. The molecule has 1 saturated heterocycles. The van der Waals surface area contributed by atoms with E-state index in [9.17, 15) is 24.0 Å². The Hall–Kier alpha value is -4.02. The lowest BCUT2D eigenvalue weighted by atomic mass is 10.0. The minimum atomic E-state index is -1.47. The normalized spacial score (nSPS) is 15.2. The van der Waals surface area contributed by atoms with Gasteiger partial charge in [0.15, 0.2) is 0 Å². The number of hydrogen-bond acceptors (Lipinski definition) is 9. The van der Waals surface area contributed by atoms with Crippen molar-refractivity contribution in [1.29, 1.82) is 0 Å². The van der Waals surface area contributed by atoms with Gasteiger partial charge in [-0.3, -0.25) is 25.2 Å². The quantitative estimate of drug-likeness (QED) is 0.302. The summed E-state index contributed by atoms with van der Waals surface area (Å²) in [6, 6.07) is 3.92. The third-order valence-corrected chi connectivity index (χ3v) is 3.68. The highest BCUT2D eigenvalue weighted by molar-refractivity contribution is 6.18. The average molecular weight is 416 g/mol. The number of nitrogens with one attached hydrogen (secondary N) is 3. The molecule has 158 valence electrons. The third-order valence-electron chi connectivity index (χ3n) is 3.68. The molecule has 0 atom stereocenters. The largest absolute Gasteiger partial charge is 0.462 e. The Morgan fingerprint density at radius 3 is 2.27 bits per heavy atom. The van der Waals surface area contributed by atoms with Gasteiger partial charge in [-0.05, 0) is 32.1 Å². The summed E-state index contributed by atoms with van der Waals surface area (Å²) in [4.78, 5) is 63.8. The molecule has 4 amide bonds. The van der Waals surface area contributed by atoms with Crippen LogP contribution in [0.25, 0.3) is 5.57 Å². The van der Waals surface area contributed by atoms with E-state index in [1.54, 1.807) is 32.0 Å². The van der Waals surface area contributed by atoms with Crippen LogP contribution in [0.15, 0.2) is 42.4 Å². The Morgan fingerprint density at radius 1 is 1.07 bits per heavy atom. The number of imide groups is 2. The van der Waals surface area contributed by atoms with Gasteiger partial charge in [0.1, 0.15) is 17.2 Å². The maximum absolute atomic E-state index is 12.3. The van der Waals surface area contributed by atoms with Gasteiger partial charge in [-0.25, -0.2) is 14.4 Å². The van der Waals surface area contributed by atoms with Crippen molar-refractivity contribution in [2.24, 2.45) is 5.92 Å². The van der Waals surface area contributed by atoms with Crippen LogP contribution in [0.5, 0.6) is 0 Å². The van der Waals surface area contributed by atoms with E-state index in [4.69, 9.17) is 9.47 Å². The summed E-state index contributed by atoms with van der Waals surface area (Å²) in [7, 11) is 0. The molecule has 0 spiro atoms. The molecule has 0 aromatic carbocycles. The lowest BCUT2D eigenvalue weighted by Crippen LogP contribution is -2.55. The van der Waals surface area contributed by atoms with Crippen molar-refractivity contribution in [3.8, 4) is 0 Å². The SMILES string of the molecule is CCOC(=O)/C(=C\C1C(=O)NC(=O)NC1=O)N/C=C(/C(=O)OCC)c1ccccn1. The van der Waals surface area contributed by atoms with Crippen molar-refractivity contribution < 1.29 is 33.4 Å². The van der Waals surface area contributed by atoms with Gasteiger partial charge in [-0.2, -0.15) is 0 Å². The van der Waals surface area contributed by atoms with Gasteiger partial charge in [0.2, 0.25) is 11.8 Å². The van der Waals surface area contributed by atoms with Gasteiger partial charge in [0, 0.05) is 12.4 Å². The van der Waals surface area contributed by atoms with Crippen molar-refractivity contribution in [2.45, 2.75) is 13.8 Å². The number of barbiturate groups is 1. The summed E-state index contributed by atoms with van der Waals surface area (Å²) in [6.45, 7) is 3.34. The van der Waals surface area contributed by atoms with Crippen LogP contribution in [-0.2, 0) is 28.7 Å². The molecule has 2 heterocycles. The average Bonchev–Trinajstić information content (AvgIpc) is 2.70. The zero-order chi connectivity index (χ0) is 22.1. The highest BCUT2D eigenvalue weighted by Gasteiger charge is 2.33. The molecule has 0 aliphatic carbocycles. The highest BCUT2D eigenvalue weighted by atomic mass is 16.5. The summed E-state index contributed by atoms with van der Waals surface area (Å²) in [5.74, 6) is -4.87. The number of carbonyl (C=O) groups is 5. The molecule has 1 aliphatic rings. The summed E-state index contributed by atoms with van der Waals surface area (Å²) < 4.78 is 9.93. The first-order valence-corrected chi connectivity index (χ1v) is 8.97. The summed E-state index contributed by atoms with van der Waals surface area (Å²) in [5.41, 5.74) is -0.0231. The number of urea groups is 1. The summed E-state index contributed by atoms with van der Waals surface area (Å²) in [5, 5.41) is 6.44. The van der Waals surface area contributed by atoms with E-state index >= 15 is 0 Å². The topological polar surface area (TPSA) is 153 Å². The van der Waals surface area contributed by atoms with Crippen LogP contribution in [0.3, 0.4) is 0 Å². The van der Waals surface area contributed by atoms with E-state index < -0.39 is 35.7 Å². The molecule has 1 aliphatic heterocycles. The zero-order valence-electron chi connectivity index (χ0n) is 16.3. The predicted octanol–water partition coefficient (Wildman–Crippen LogP) is 0.00440. The van der Waals surface area contributed by atoms with Crippen LogP contribution in [0.2, 0.25) is 0 Å². The molecule has 1 fully saturated rings. The van der Waals surface area contributed by atoms with Crippen LogP contribution < -0.4 is 16.0 Å². The fraction of sp³-hybridized carbons (Fsp3) is 0.263. The lowest BCUT2D eigenvalue weighted by molar-refractivity contribution is -0.139. The minimum Gasteiger partial charge on any atom is -0.462 e. The smallest absolute Gasteiger partial charge is 0.354 e. The maximum atomic E-state index is 12.3. The number of carbonyl (C=O) groups excluding carboxylic acids is 5. The van der Waals surface area contributed by atoms with Gasteiger partial charge >= 0.3 is 18.0 Å². The van der Waals surface area contributed by atoms with Gasteiger partial charge in [0.05, 0.1) is 18.9 Å². The maximum Gasteiger partial charge on any atom is 0.354 e. The number of nitrogens with zero attached hydrogens (tertiary/aromatic N) is 1. The molecule has 1 aromatic heterocycles. The summed E-state index contributed by atoms with van der Waals surface area (Å²) in [6.07, 6.45) is 3.62. The fourth-order valence-corrected chi connectivity index (χ4v) is 2.35. The van der Waals surface area contributed by atoms with Gasteiger partial charge in [0.25, 0.3) is 0 Å². The van der Waals surface area contributed by atoms with Crippen molar-refractivity contribution in [3.63, 3.8) is 0 Å². The van der Waals surface area contributed by atoms with Gasteiger partial charge < -0.3 is 14.8 Å². The lowest BCUT2D eigenvalue weighted by Gasteiger charge is -2.19. The molecule has 0 bridgehead atoms. The number of rotatable bonds is 8. The van der Waals surface area contributed by atoms with Crippen LogP contribution in [0.4, 0.5) is 4.79 Å². The number of esters is 2. The minimum absolute atomic E-state index is 0.000346. The van der Waals surface area contributed by atoms with Crippen LogP contribution in [0, 0.1) is 5.92 Å². The second kappa shape index (κ2) is 10.5. The number of amides is 4.